The van der Waals surface area contributed by atoms with Gasteiger partial charge in [0.15, 0.2) is 0 Å². The van der Waals surface area contributed by atoms with Gasteiger partial charge in [-0.3, -0.25) is 4.79 Å². The molecule has 4 aliphatic rings. The second-order valence-corrected chi connectivity index (χ2v) is 6.68. The zero-order valence-electron chi connectivity index (χ0n) is 11.2. The van der Waals surface area contributed by atoms with E-state index in [0.717, 1.165) is 19.3 Å². The lowest BCUT2D eigenvalue weighted by molar-refractivity contribution is -0.204. The van der Waals surface area contributed by atoms with Crippen LogP contribution < -0.4 is 0 Å². The lowest BCUT2D eigenvalue weighted by Gasteiger charge is -2.58. The summed E-state index contributed by atoms with van der Waals surface area (Å²) in [5.74, 6) is 0.0108. The molecule has 0 aliphatic heterocycles. The van der Waals surface area contributed by atoms with Crippen molar-refractivity contribution in [2.45, 2.75) is 45.1 Å². The van der Waals surface area contributed by atoms with Gasteiger partial charge in [0, 0.05) is 5.57 Å². The number of rotatable bonds is 3. The summed E-state index contributed by atoms with van der Waals surface area (Å²) in [5, 5.41) is 9.69. The van der Waals surface area contributed by atoms with Crippen LogP contribution >= 0.6 is 0 Å². The van der Waals surface area contributed by atoms with Gasteiger partial charge in [-0.15, -0.1) is 0 Å². The van der Waals surface area contributed by atoms with Crippen molar-refractivity contribution in [2.24, 2.45) is 23.2 Å². The van der Waals surface area contributed by atoms with E-state index in [1.54, 1.807) is 6.92 Å². The number of hydrogen-bond acceptors (Lipinski definition) is 3. The Balaban J connectivity index is 1.91. The first kappa shape index (κ1) is 12.7. The molecule has 104 valence electrons. The van der Waals surface area contributed by atoms with Gasteiger partial charge in [-0.1, -0.05) is 6.58 Å². The van der Waals surface area contributed by atoms with Crippen LogP contribution in [0.25, 0.3) is 0 Å². The van der Waals surface area contributed by atoms with E-state index in [2.05, 4.69) is 6.58 Å². The molecule has 0 heterocycles. The van der Waals surface area contributed by atoms with Crippen molar-refractivity contribution in [2.75, 3.05) is 0 Å². The van der Waals surface area contributed by atoms with Gasteiger partial charge in [0.1, 0.15) is 11.5 Å². The van der Waals surface area contributed by atoms with Crippen LogP contribution in [0.3, 0.4) is 0 Å². The molecule has 1 N–H and O–H groups in total. The Kier molecular flexibility index (Phi) is 2.73. The lowest BCUT2D eigenvalue weighted by atomic mass is 9.48. The smallest absolute Gasteiger partial charge is 0.333 e. The van der Waals surface area contributed by atoms with Gasteiger partial charge in [-0.2, -0.15) is 0 Å². The number of carbonyl (C=O) groups excluding carboxylic acids is 1. The highest BCUT2D eigenvalue weighted by Gasteiger charge is 2.62. The van der Waals surface area contributed by atoms with Crippen molar-refractivity contribution in [3.05, 3.63) is 12.2 Å². The number of ether oxygens (including phenoxy) is 1. The first-order valence-electron chi connectivity index (χ1n) is 7.02. The Morgan fingerprint density at radius 3 is 2.26 bits per heavy atom. The Labute approximate surface area is 112 Å². The molecule has 0 saturated heterocycles. The van der Waals surface area contributed by atoms with Crippen LogP contribution in [0.15, 0.2) is 12.2 Å². The molecule has 0 aromatic carbocycles. The van der Waals surface area contributed by atoms with Crippen molar-refractivity contribution < 1.29 is 19.4 Å². The fourth-order valence-corrected chi connectivity index (χ4v) is 4.72. The van der Waals surface area contributed by atoms with Crippen LogP contribution in [0.5, 0.6) is 0 Å². The Morgan fingerprint density at radius 2 is 1.79 bits per heavy atom. The lowest BCUT2D eigenvalue weighted by Crippen LogP contribution is -2.60. The van der Waals surface area contributed by atoms with E-state index >= 15 is 0 Å². The number of carbonyl (C=O) groups is 2. The number of aliphatic carboxylic acids is 1. The van der Waals surface area contributed by atoms with E-state index in [0.29, 0.717) is 30.3 Å². The van der Waals surface area contributed by atoms with Gasteiger partial charge in [0.05, 0.1) is 0 Å². The van der Waals surface area contributed by atoms with Crippen molar-refractivity contribution in [1.82, 2.24) is 0 Å². The molecular formula is C15H20O4. The maximum atomic E-state index is 11.8. The minimum Gasteiger partial charge on any atom is -0.481 e. The van der Waals surface area contributed by atoms with E-state index < -0.39 is 23.5 Å². The average molecular weight is 264 g/mol. The normalized spacial score (nSPS) is 43.0. The molecule has 4 rings (SSSR count). The maximum absolute atomic E-state index is 11.8. The average Bonchev–Trinajstić information content (AvgIpc) is 2.32. The van der Waals surface area contributed by atoms with E-state index in [1.807, 2.05) is 0 Å². The van der Waals surface area contributed by atoms with E-state index in [9.17, 15) is 14.7 Å². The van der Waals surface area contributed by atoms with E-state index in [4.69, 9.17) is 4.74 Å². The maximum Gasteiger partial charge on any atom is 0.333 e. The Hall–Kier alpha value is -1.32. The number of carboxylic acids is 1. The van der Waals surface area contributed by atoms with Crippen LogP contribution in [-0.4, -0.2) is 23.1 Å². The van der Waals surface area contributed by atoms with E-state index in [1.165, 1.54) is 0 Å². The molecule has 4 aliphatic carbocycles. The second-order valence-electron chi connectivity index (χ2n) is 6.68. The van der Waals surface area contributed by atoms with Gasteiger partial charge in [-0.25, -0.2) is 4.79 Å². The van der Waals surface area contributed by atoms with Gasteiger partial charge < -0.3 is 9.84 Å². The highest BCUT2D eigenvalue weighted by Crippen LogP contribution is 2.61. The zero-order chi connectivity index (χ0) is 13.8. The minimum absolute atomic E-state index is 0.227. The van der Waals surface area contributed by atoms with Crippen molar-refractivity contribution in [3.8, 4) is 0 Å². The summed E-state index contributed by atoms with van der Waals surface area (Å²) in [6, 6.07) is 0. The van der Waals surface area contributed by atoms with Crippen LogP contribution in [0.2, 0.25) is 0 Å². The molecule has 4 nitrogen and oxygen atoms in total. The summed E-state index contributed by atoms with van der Waals surface area (Å²) < 4.78 is 5.53. The SMILES string of the molecule is C=C(C)C(=O)OC1C2CC3CC(C2)CC1(C(=O)O)C3. The van der Waals surface area contributed by atoms with Gasteiger partial charge in [0.2, 0.25) is 0 Å². The van der Waals surface area contributed by atoms with Gasteiger partial charge >= 0.3 is 11.9 Å². The standard InChI is InChI=1S/C15H20O4/c1-8(2)13(16)19-12-11-4-9-3-10(5-11)7-15(12,6-9)14(17)18/h9-12H,1,3-7H2,2H3,(H,17,18). The molecule has 0 spiro atoms. The summed E-state index contributed by atoms with van der Waals surface area (Å²) in [7, 11) is 0. The number of esters is 1. The highest BCUT2D eigenvalue weighted by atomic mass is 16.5. The molecule has 4 bridgehead atoms. The number of hydrogen-bond donors (Lipinski definition) is 1. The number of carboxylic acid groups (broad SMARTS) is 1. The predicted octanol–water partition coefficient (Wildman–Crippen LogP) is 2.39. The molecule has 4 heteroatoms. The molecule has 4 saturated carbocycles. The topological polar surface area (TPSA) is 63.6 Å². The zero-order valence-corrected chi connectivity index (χ0v) is 11.2. The fraction of sp³-hybridized carbons (Fsp3) is 0.733. The monoisotopic (exact) mass is 264 g/mol. The third kappa shape index (κ3) is 1.80. The van der Waals surface area contributed by atoms with Crippen LogP contribution in [-0.2, 0) is 14.3 Å². The largest absolute Gasteiger partial charge is 0.481 e. The van der Waals surface area contributed by atoms with Crippen LogP contribution in [0.1, 0.15) is 39.0 Å². The molecule has 3 atom stereocenters. The van der Waals surface area contributed by atoms with Crippen molar-refractivity contribution >= 4 is 11.9 Å². The summed E-state index contributed by atoms with van der Waals surface area (Å²) in [6.07, 6.45) is 4.07. The molecule has 4 fully saturated rings. The summed E-state index contributed by atoms with van der Waals surface area (Å²) >= 11 is 0. The summed E-state index contributed by atoms with van der Waals surface area (Å²) in [5.41, 5.74) is -0.491. The fourth-order valence-electron chi connectivity index (χ4n) is 4.72. The molecule has 0 amide bonds. The van der Waals surface area contributed by atoms with Crippen LogP contribution in [0.4, 0.5) is 0 Å². The third-order valence-electron chi connectivity index (χ3n) is 5.23. The molecule has 0 aromatic heterocycles. The van der Waals surface area contributed by atoms with Crippen LogP contribution in [0, 0.1) is 23.2 Å². The predicted molar refractivity (Wildman–Crippen MR) is 68.3 cm³/mol. The Bertz CT molecular complexity index is 439. The molecule has 19 heavy (non-hydrogen) atoms. The van der Waals surface area contributed by atoms with Gasteiger partial charge in [0.25, 0.3) is 0 Å². The molecule has 3 unspecified atom stereocenters. The first-order valence-corrected chi connectivity index (χ1v) is 7.02. The van der Waals surface area contributed by atoms with E-state index in [-0.39, 0.29) is 5.92 Å². The van der Waals surface area contributed by atoms with Crippen molar-refractivity contribution in [3.63, 3.8) is 0 Å². The third-order valence-corrected chi connectivity index (χ3v) is 5.23. The molecular weight excluding hydrogens is 244 g/mol. The molecule has 0 radical (unpaired) electrons. The van der Waals surface area contributed by atoms with Gasteiger partial charge in [-0.05, 0) is 56.8 Å². The minimum atomic E-state index is -0.833. The summed E-state index contributed by atoms with van der Waals surface area (Å²) in [6.45, 7) is 5.19. The highest BCUT2D eigenvalue weighted by molar-refractivity contribution is 5.87. The van der Waals surface area contributed by atoms with Crippen molar-refractivity contribution in [1.29, 1.82) is 0 Å². The summed E-state index contributed by atoms with van der Waals surface area (Å²) in [4.78, 5) is 23.6. The second kappa shape index (κ2) is 4.09. The molecule has 0 aromatic rings. The quantitative estimate of drug-likeness (QED) is 0.628. The Morgan fingerprint density at radius 1 is 1.21 bits per heavy atom. The first-order chi connectivity index (χ1) is 8.92.